The van der Waals surface area contributed by atoms with Crippen LogP contribution >= 0.6 is 0 Å². The van der Waals surface area contributed by atoms with Gasteiger partial charge in [-0.1, -0.05) is 0 Å². The summed E-state index contributed by atoms with van der Waals surface area (Å²) in [5.41, 5.74) is 0. The molecule has 2 atom stereocenters. The molecule has 1 aliphatic rings. The Bertz CT molecular complexity index is 263. The lowest BCUT2D eigenvalue weighted by molar-refractivity contribution is 0.0984. The standard InChI is InChI=1S/C13H26N2O4/c1-2-19-13(18)14-12-8-11(4-3-6-16)9-15(10-12)5-7-17/h11-12,16-17H,2-10H2,1H3,(H,14,18). The Balaban J connectivity index is 2.46. The van der Waals surface area contributed by atoms with Crippen molar-refractivity contribution in [3.05, 3.63) is 0 Å². The molecule has 112 valence electrons. The van der Waals surface area contributed by atoms with Crippen molar-refractivity contribution in [2.75, 3.05) is 39.5 Å². The van der Waals surface area contributed by atoms with E-state index in [9.17, 15) is 4.79 Å². The number of aliphatic hydroxyl groups is 2. The van der Waals surface area contributed by atoms with Crippen molar-refractivity contribution in [3.8, 4) is 0 Å². The van der Waals surface area contributed by atoms with Crippen molar-refractivity contribution in [1.29, 1.82) is 0 Å². The van der Waals surface area contributed by atoms with E-state index < -0.39 is 0 Å². The lowest BCUT2D eigenvalue weighted by Crippen LogP contribution is -2.51. The SMILES string of the molecule is CCOC(=O)NC1CC(CCCO)CN(CCO)C1. The molecule has 0 bridgehead atoms. The van der Waals surface area contributed by atoms with Crippen molar-refractivity contribution in [3.63, 3.8) is 0 Å². The first-order chi connectivity index (χ1) is 9.19. The van der Waals surface area contributed by atoms with E-state index in [0.29, 0.717) is 19.1 Å². The summed E-state index contributed by atoms with van der Waals surface area (Å²) in [4.78, 5) is 13.6. The van der Waals surface area contributed by atoms with E-state index in [2.05, 4.69) is 10.2 Å². The number of nitrogens with one attached hydrogen (secondary N) is 1. The summed E-state index contributed by atoms with van der Waals surface area (Å²) in [5, 5.41) is 20.8. The van der Waals surface area contributed by atoms with Crippen molar-refractivity contribution >= 4 is 6.09 Å². The van der Waals surface area contributed by atoms with Gasteiger partial charge in [0.2, 0.25) is 0 Å². The molecule has 1 heterocycles. The van der Waals surface area contributed by atoms with Gasteiger partial charge in [-0.25, -0.2) is 4.79 Å². The Morgan fingerprint density at radius 2 is 2.16 bits per heavy atom. The first-order valence-corrected chi connectivity index (χ1v) is 7.07. The van der Waals surface area contributed by atoms with Crippen LogP contribution in [0, 0.1) is 5.92 Å². The number of rotatable bonds is 7. The van der Waals surface area contributed by atoms with Gasteiger partial charge in [0, 0.05) is 32.3 Å². The Hall–Kier alpha value is -0.850. The molecule has 19 heavy (non-hydrogen) atoms. The monoisotopic (exact) mass is 274 g/mol. The topological polar surface area (TPSA) is 82.0 Å². The average Bonchev–Trinajstić information content (AvgIpc) is 2.36. The molecular formula is C13H26N2O4. The van der Waals surface area contributed by atoms with Crippen LogP contribution in [0.2, 0.25) is 0 Å². The average molecular weight is 274 g/mol. The van der Waals surface area contributed by atoms with E-state index in [-0.39, 0.29) is 25.3 Å². The largest absolute Gasteiger partial charge is 0.450 e. The van der Waals surface area contributed by atoms with Crippen molar-refractivity contribution in [2.24, 2.45) is 5.92 Å². The van der Waals surface area contributed by atoms with Gasteiger partial charge in [-0.05, 0) is 32.1 Å². The number of likely N-dealkylation sites (tertiary alicyclic amines) is 1. The number of ether oxygens (including phenoxy) is 1. The summed E-state index contributed by atoms with van der Waals surface area (Å²) in [6, 6.07) is 0.0584. The van der Waals surface area contributed by atoms with Gasteiger partial charge < -0.3 is 20.3 Å². The van der Waals surface area contributed by atoms with Crippen LogP contribution in [-0.4, -0.2) is 66.7 Å². The predicted octanol–water partition coefficient (Wildman–Crippen LogP) is 0.188. The fourth-order valence-electron chi connectivity index (χ4n) is 2.66. The van der Waals surface area contributed by atoms with Gasteiger partial charge in [0.25, 0.3) is 0 Å². The van der Waals surface area contributed by atoms with Crippen molar-refractivity contribution in [1.82, 2.24) is 10.2 Å². The number of aliphatic hydroxyl groups excluding tert-OH is 2. The van der Waals surface area contributed by atoms with E-state index in [1.807, 2.05) is 0 Å². The summed E-state index contributed by atoms with van der Waals surface area (Å²) in [5.74, 6) is 0.444. The molecule has 6 nitrogen and oxygen atoms in total. The number of amides is 1. The third-order valence-electron chi connectivity index (χ3n) is 3.40. The molecule has 0 spiro atoms. The summed E-state index contributed by atoms with van der Waals surface area (Å²) in [6.07, 6.45) is 2.25. The molecule has 0 saturated carbocycles. The summed E-state index contributed by atoms with van der Waals surface area (Å²) in [7, 11) is 0. The van der Waals surface area contributed by atoms with Crippen LogP contribution in [0.3, 0.4) is 0 Å². The Morgan fingerprint density at radius 1 is 1.37 bits per heavy atom. The zero-order valence-electron chi connectivity index (χ0n) is 11.7. The Labute approximate surface area is 114 Å². The lowest BCUT2D eigenvalue weighted by Gasteiger charge is -2.37. The summed E-state index contributed by atoms with van der Waals surface area (Å²) in [6.45, 7) is 4.76. The summed E-state index contributed by atoms with van der Waals surface area (Å²) >= 11 is 0. The van der Waals surface area contributed by atoms with Gasteiger partial charge in [0.1, 0.15) is 0 Å². The second kappa shape index (κ2) is 9.12. The maximum atomic E-state index is 11.5. The number of nitrogens with zero attached hydrogens (tertiary/aromatic N) is 1. The number of β-amino-alcohol motifs (C(OH)–C–C–N with tert-alkyl or cyclic N) is 1. The van der Waals surface area contributed by atoms with Crippen LogP contribution in [0.5, 0.6) is 0 Å². The van der Waals surface area contributed by atoms with E-state index >= 15 is 0 Å². The Morgan fingerprint density at radius 3 is 2.79 bits per heavy atom. The minimum Gasteiger partial charge on any atom is -0.450 e. The smallest absolute Gasteiger partial charge is 0.407 e. The molecule has 1 saturated heterocycles. The highest BCUT2D eigenvalue weighted by atomic mass is 16.5. The van der Waals surface area contributed by atoms with Gasteiger partial charge in [-0.15, -0.1) is 0 Å². The van der Waals surface area contributed by atoms with Gasteiger partial charge in [-0.2, -0.15) is 0 Å². The normalized spacial score (nSPS) is 24.2. The number of carbonyl (C=O) groups is 1. The van der Waals surface area contributed by atoms with Crippen LogP contribution in [0.1, 0.15) is 26.2 Å². The predicted molar refractivity (Wildman–Crippen MR) is 71.9 cm³/mol. The quantitative estimate of drug-likeness (QED) is 0.617. The van der Waals surface area contributed by atoms with Gasteiger partial charge >= 0.3 is 6.09 Å². The molecule has 1 aliphatic heterocycles. The summed E-state index contributed by atoms with van der Waals surface area (Å²) < 4.78 is 4.90. The molecule has 0 aliphatic carbocycles. The molecular weight excluding hydrogens is 248 g/mol. The molecule has 1 amide bonds. The van der Waals surface area contributed by atoms with Crippen LogP contribution in [-0.2, 0) is 4.74 Å². The van der Waals surface area contributed by atoms with Crippen LogP contribution in [0.15, 0.2) is 0 Å². The minimum absolute atomic E-state index is 0.0584. The van der Waals surface area contributed by atoms with E-state index in [1.165, 1.54) is 0 Å². The van der Waals surface area contributed by atoms with Crippen molar-refractivity contribution < 1.29 is 19.7 Å². The Kier molecular flexibility index (Phi) is 7.78. The lowest BCUT2D eigenvalue weighted by atomic mass is 9.90. The number of hydrogen-bond acceptors (Lipinski definition) is 5. The van der Waals surface area contributed by atoms with Crippen LogP contribution < -0.4 is 5.32 Å². The molecule has 1 fully saturated rings. The third kappa shape index (κ3) is 6.22. The molecule has 0 aromatic rings. The molecule has 2 unspecified atom stereocenters. The second-order valence-corrected chi connectivity index (χ2v) is 5.01. The van der Waals surface area contributed by atoms with E-state index in [1.54, 1.807) is 6.92 Å². The number of carbonyl (C=O) groups excluding carboxylic acids is 1. The number of hydrogen-bond donors (Lipinski definition) is 3. The first kappa shape index (κ1) is 16.2. The van der Waals surface area contributed by atoms with Crippen LogP contribution in [0.4, 0.5) is 4.79 Å². The molecule has 0 aromatic heterocycles. The van der Waals surface area contributed by atoms with Gasteiger partial charge in [0.05, 0.1) is 13.2 Å². The zero-order chi connectivity index (χ0) is 14.1. The van der Waals surface area contributed by atoms with Crippen LogP contribution in [0.25, 0.3) is 0 Å². The maximum Gasteiger partial charge on any atom is 0.407 e. The van der Waals surface area contributed by atoms with Gasteiger partial charge in [-0.3, -0.25) is 4.90 Å². The molecule has 6 heteroatoms. The first-order valence-electron chi connectivity index (χ1n) is 7.07. The third-order valence-corrected chi connectivity index (χ3v) is 3.40. The molecule has 0 radical (unpaired) electrons. The maximum absolute atomic E-state index is 11.5. The molecule has 0 aromatic carbocycles. The number of alkyl carbamates (subject to hydrolysis) is 1. The van der Waals surface area contributed by atoms with E-state index in [4.69, 9.17) is 14.9 Å². The highest BCUT2D eigenvalue weighted by molar-refractivity contribution is 5.67. The van der Waals surface area contributed by atoms with Crippen molar-refractivity contribution in [2.45, 2.75) is 32.2 Å². The highest BCUT2D eigenvalue weighted by Crippen LogP contribution is 2.21. The fourth-order valence-corrected chi connectivity index (χ4v) is 2.66. The molecule has 1 rings (SSSR count). The minimum atomic E-state index is -0.376. The van der Waals surface area contributed by atoms with E-state index in [0.717, 1.165) is 32.4 Å². The fraction of sp³-hybridized carbons (Fsp3) is 0.923. The second-order valence-electron chi connectivity index (χ2n) is 5.01. The zero-order valence-corrected chi connectivity index (χ0v) is 11.7. The highest BCUT2D eigenvalue weighted by Gasteiger charge is 2.27. The molecule has 3 N–H and O–H groups in total. The van der Waals surface area contributed by atoms with Gasteiger partial charge in [0.15, 0.2) is 0 Å². The number of piperidine rings is 1.